The van der Waals surface area contributed by atoms with Crippen molar-refractivity contribution in [1.82, 2.24) is 5.32 Å². The second kappa shape index (κ2) is 6.16. The molecule has 3 heteroatoms. The van der Waals surface area contributed by atoms with Crippen LogP contribution in [0.1, 0.15) is 27.6 Å². The average Bonchev–Trinajstić information content (AvgIpc) is 2.46. The van der Waals surface area contributed by atoms with E-state index in [-0.39, 0.29) is 12.5 Å². The van der Waals surface area contributed by atoms with Crippen molar-refractivity contribution in [1.29, 1.82) is 0 Å². The SMILES string of the molecule is Cc1ccccc1C(O)CNC(=O)c1ccccc1. The fourth-order valence-electron chi connectivity index (χ4n) is 1.95. The minimum atomic E-state index is -0.686. The van der Waals surface area contributed by atoms with Gasteiger partial charge in [-0.25, -0.2) is 0 Å². The van der Waals surface area contributed by atoms with Crippen molar-refractivity contribution in [3.63, 3.8) is 0 Å². The summed E-state index contributed by atoms with van der Waals surface area (Å²) in [5.74, 6) is -0.173. The molecule has 0 aliphatic rings. The van der Waals surface area contributed by atoms with Gasteiger partial charge in [0, 0.05) is 12.1 Å². The third-order valence-corrected chi connectivity index (χ3v) is 3.04. The van der Waals surface area contributed by atoms with Crippen LogP contribution < -0.4 is 5.32 Å². The summed E-state index contributed by atoms with van der Waals surface area (Å²) in [6.45, 7) is 2.15. The number of aliphatic hydroxyl groups excluding tert-OH is 1. The Morgan fingerprint density at radius 3 is 2.42 bits per heavy atom. The molecule has 1 unspecified atom stereocenters. The lowest BCUT2D eigenvalue weighted by Crippen LogP contribution is -2.28. The molecule has 0 spiro atoms. The number of aryl methyl sites for hydroxylation is 1. The molecular formula is C16H17NO2. The first-order valence-electron chi connectivity index (χ1n) is 6.25. The van der Waals surface area contributed by atoms with Crippen molar-refractivity contribution in [3.8, 4) is 0 Å². The Hall–Kier alpha value is -2.13. The summed E-state index contributed by atoms with van der Waals surface area (Å²) < 4.78 is 0. The molecule has 2 rings (SSSR count). The van der Waals surface area contributed by atoms with Gasteiger partial charge in [0.1, 0.15) is 0 Å². The third kappa shape index (κ3) is 3.42. The topological polar surface area (TPSA) is 49.3 Å². The van der Waals surface area contributed by atoms with Crippen LogP contribution in [0.5, 0.6) is 0 Å². The van der Waals surface area contributed by atoms with Crippen LogP contribution in [0.15, 0.2) is 54.6 Å². The zero-order chi connectivity index (χ0) is 13.7. The van der Waals surface area contributed by atoms with Crippen LogP contribution in [-0.4, -0.2) is 17.6 Å². The summed E-state index contributed by atoms with van der Waals surface area (Å²) in [6.07, 6.45) is -0.686. The summed E-state index contributed by atoms with van der Waals surface area (Å²) in [6, 6.07) is 16.6. The van der Waals surface area contributed by atoms with Crippen molar-refractivity contribution < 1.29 is 9.90 Å². The predicted octanol–water partition coefficient (Wildman–Crippen LogP) is 2.46. The lowest BCUT2D eigenvalue weighted by Gasteiger charge is -2.14. The van der Waals surface area contributed by atoms with Gasteiger partial charge in [-0.1, -0.05) is 42.5 Å². The lowest BCUT2D eigenvalue weighted by molar-refractivity contribution is 0.0916. The van der Waals surface area contributed by atoms with E-state index in [0.29, 0.717) is 5.56 Å². The van der Waals surface area contributed by atoms with Crippen molar-refractivity contribution in [2.45, 2.75) is 13.0 Å². The number of hydrogen-bond acceptors (Lipinski definition) is 2. The number of aliphatic hydroxyl groups is 1. The Morgan fingerprint density at radius 1 is 1.11 bits per heavy atom. The number of carbonyl (C=O) groups is 1. The van der Waals surface area contributed by atoms with Crippen LogP contribution in [-0.2, 0) is 0 Å². The molecule has 2 aromatic rings. The molecule has 0 aromatic heterocycles. The summed E-state index contributed by atoms with van der Waals surface area (Å²) >= 11 is 0. The van der Waals surface area contributed by atoms with Gasteiger partial charge in [-0.05, 0) is 30.2 Å². The molecule has 0 saturated carbocycles. The quantitative estimate of drug-likeness (QED) is 0.881. The smallest absolute Gasteiger partial charge is 0.251 e. The first-order valence-corrected chi connectivity index (χ1v) is 6.25. The predicted molar refractivity (Wildman–Crippen MR) is 74.9 cm³/mol. The van der Waals surface area contributed by atoms with Crippen LogP contribution in [0.3, 0.4) is 0 Å². The molecule has 19 heavy (non-hydrogen) atoms. The van der Waals surface area contributed by atoms with Crippen LogP contribution >= 0.6 is 0 Å². The molecular weight excluding hydrogens is 238 g/mol. The highest BCUT2D eigenvalue weighted by molar-refractivity contribution is 5.94. The van der Waals surface area contributed by atoms with Gasteiger partial charge < -0.3 is 10.4 Å². The van der Waals surface area contributed by atoms with Gasteiger partial charge in [-0.3, -0.25) is 4.79 Å². The van der Waals surface area contributed by atoms with E-state index >= 15 is 0 Å². The zero-order valence-electron chi connectivity index (χ0n) is 10.8. The number of rotatable bonds is 4. The monoisotopic (exact) mass is 255 g/mol. The van der Waals surface area contributed by atoms with Crippen molar-refractivity contribution >= 4 is 5.91 Å². The van der Waals surface area contributed by atoms with Gasteiger partial charge in [0.15, 0.2) is 0 Å². The van der Waals surface area contributed by atoms with Crippen LogP contribution in [0.25, 0.3) is 0 Å². The second-order valence-corrected chi connectivity index (χ2v) is 4.45. The molecule has 1 atom stereocenters. The van der Waals surface area contributed by atoms with Gasteiger partial charge in [0.05, 0.1) is 6.10 Å². The Morgan fingerprint density at radius 2 is 1.74 bits per heavy atom. The van der Waals surface area contributed by atoms with Gasteiger partial charge in [0.2, 0.25) is 0 Å². The average molecular weight is 255 g/mol. The Labute approximate surface area is 112 Å². The molecule has 0 radical (unpaired) electrons. The fourth-order valence-corrected chi connectivity index (χ4v) is 1.95. The molecule has 3 nitrogen and oxygen atoms in total. The van der Waals surface area contributed by atoms with Crippen LogP contribution in [0.2, 0.25) is 0 Å². The van der Waals surface area contributed by atoms with Gasteiger partial charge in [-0.15, -0.1) is 0 Å². The minimum Gasteiger partial charge on any atom is -0.387 e. The highest BCUT2D eigenvalue weighted by Gasteiger charge is 2.11. The third-order valence-electron chi connectivity index (χ3n) is 3.04. The number of carbonyl (C=O) groups excluding carboxylic acids is 1. The molecule has 0 saturated heterocycles. The second-order valence-electron chi connectivity index (χ2n) is 4.45. The molecule has 98 valence electrons. The van der Waals surface area contributed by atoms with E-state index in [1.807, 2.05) is 49.4 Å². The molecule has 2 N–H and O–H groups in total. The summed E-state index contributed by atoms with van der Waals surface area (Å²) in [5, 5.41) is 12.8. The standard InChI is InChI=1S/C16H17NO2/c1-12-7-5-6-10-14(12)15(18)11-17-16(19)13-8-3-2-4-9-13/h2-10,15,18H,11H2,1H3,(H,17,19). The van der Waals surface area contributed by atoms with Crippen molar-refractivity contribution in [2.24, 2.45) is 0 Å². The number of benzene rings is 2. The number of nitrogens with one attached hydrogen (secondary N) is 1. The first-order chi connectivity index (χ1) is 9.18. The molecule has 2 aromatic carbocycles. The fraction of sp³-hybridized carbons (Fsp3) is 0.188. The molecule has 0 bridgehead atoms. The van der Waals surface area contributed by atoms with Gasteiger partial charge in [0.25, 0.3) is 5.91 Å². The van der Waals surface area contributed by atoms with Gasteiger partial charge >= 0.3 is 0 Å². The molecule has 0 heterocycles. The maximum absolute atomic E-state index is 11.8. The van der Waals surface area contributed by atoms with Crippen molar-refractivity contribution in [2.75, 3.05) is 6.54 Å². The lowest BCUT2D eigenvalue weighted by atomic mass is 10.0. The van der Waals surface area contributed by atoms with E-state index in [0.717, 1.165) is 11.1 Å². The van der Waals surface area contributed by atoms with E-state index in [4.69, 9.17) is 0 Å². The van der Waals surface area contributed by atoms with E-state index in [1.165, 1.54) is 0 Å². The Kier molecular flexibility index (Phi) is 4.31. The van der Waals surface area contributed by atoms with Crippen LogP contribution in [0.4, 0.5) is 0 Å². The van der Waals surface area contributed by atoms with E-state index in [1.54, 1.807) is 12.1 Å². The normalized spacial score (nSPS) is 11.9. The Bertz CT molecular complexity index is 552. The maximum Gasteiger partial charge on any atom is 0.251 e. The maximum atomic E-state index is 11.8. The van der Waals surface area contributed by atoms with E-state index < -0.39 is 6.10 Å². The summed E-state index contributed by atoms with van der Waals surface area (Å²) in [5.41, 5.74) is 2.46. The molecule has 0 aliphatic heterocycles. The number of amides is 1. The first kappa shape index (κ1) is 13.3. The zero-order valence-corrected chi connectivity index (χ0v) is 10.8. The van der Waals surface area contributed by atoms with Crippen molar-refractivity contribution in [3.05, 3.63) is 71.3 Å². The van der Waals surface area contributed by atoms with Gasteiger partial charge in [-0.2, -0.15) is 0 Å². The molecule has 0 fully saturated rings. The van der Waals surface area contributed by atoms with Crippen LogP contribution in [0, 0.1) is 6.92 Å². The largest absolute Gasteiger partial charge is 0.387 e. The van der Waals surface area contributed by atoms with E-state index in [2.05, 4.69) is 5.32 Å². The highest BCUT2D eigenvalue weighted by atomic mass is 16.3. The Balaban J connectivity index is 1.96. The highest BCUT2D eigenvalue weighted by Crippen LogP contribution is 2.16. The summed E-state index contributed by atoms with van der Waals surface area (Å²) in [4.78, 5) is 11.8. The minimum absolute atomic E-state index is 0.173. The molecule has 0 aliphatic carbocycles. The molecule has 1 amide bonds. The van der Waals surface area contributed by atoms with E-state index in [9.17, 15) is 9.90 Å². The number of hydrogen-bond donors (Lipinski definition) is 2. The summed E-state index contributed by atoms with van der Waals surface area (Å²) in [7, 11) is 0.